The molecule has 13 heteroatoms. The number of aromatic nitrogens is 1. The first-order valence-corrected chi connectivity index (χ1v) is 13.3. The van der Waals surface area contributed by atoms with E-state index >= 15 is 4.39 Å². The van der Waals surface area contributed by atoms with Gasteiger partial charge in [0, 0.05) is 41.3 Å². The minimum absolute atomic E-state index is 0.0902. The predicted molar refractivity (Wildman–Crippen MR) is 157 cm³/mol. The van der Waals surface area contributed by atoms with Gasteiger partial charge in [-0.1, -0.05) is 0 Å². The van der Waals surface area contributed by atoms with E-state index in [4.69, 9.17) is 14.2 Å². The number of aliphatic hydroxyl groups is 2. The van der Waals surface area contributed by atoms with Crippen LogP contribution in [0.5, 0.6) is 23.0 Å². The summed E-state index contributed by atoms with van der Waals surface area (Å²) in [7, 11) is 2.99. The number of nitrogens with one attached hydrogen (secondary N) is 1. The minimum Gasteiger partial charge on any atom is -0.493 e. The Kier molecular flexibility index (Phi) is 8.88. The number of halogens is 2. The average Bonchev–Trinajstić information content (AvgIpc) is 3.03. The zero-order valence-corrected chi connectivity index (χ0v) is 23.7. The third-order valence-electron chi connectivity index (χ3n) is 6.78. The lowest BCUT2D eigenvalue weighted by atomic mass is 10.1. The van der Waals surface area contributed by atoms with Crippen molar-refractivity contribution in [3.63, 3.8) is 0 Å². The number of carbonyl (C=O) groups excluding carboxylic acids is 2. The molecule has 4 aromatic rings. The maximum Gasteiger partial charge on any atom is 0.328 e. The van der Waals surface area contributed by atoms with Gasteiger partial charge < -0.3 is 29.7 Å². The Balaban J connectivity index is 1.36. The third-order valence-corrected chi connectivity index (χ3v) is 6.78. The molecule has 3 aromatic carbocycles. The fraction of sp³-hybridized carbons (Fsp3) is 0.194. The van der Waals surface area contributed by atoms with Crippen LogP contribution in [0.1, 0.15) is 0 Å². The van der Waals surface area contributed by atoms with Crippen molar-refractivity contribution in [3.8, 4) is 23.0 Å². The molecule has 0 bridgehead atoms. The first kappa shape index (κ1) is 30.2. The van der Waals surface area contributed by atoms with Crippen molar-refractivity contribution in [2.75, 3.05) is 44.1 Å². The highest BCUT2D eigenvalue weighted by Gasteiger charge is 2.31. The Morgan fingerprint density at radius 3 is 2.41 bits per heavy atom. The van der Waals surface area contributed by atoms with Gasteiger partial charge in [-0.2, -0.15) is 0 Å². The molecule has 0 radical (unpaired) electrons. The van der Waals surface area contributed by atoms with E-state index in [-0.39, 0.29) is 30.1 Å². The number of rotatable bonds is 10. The zero-order valence-electron chi connectivity index (χ0n) is 23.7. The van der Waals surface area contributed by atoms with Crippen LogP contribution in [0.2, 0.25) is 0 Å². The zero-order chi connectivity index (χ0) is 31.4. The number of anilines is 2. The topological polar surface area (TPSA) is 134 Å². The van der Waals surface area contributed by atoms with E-state index in [0.29, 0.717) is 33.8 Å². The van der Waals surface area contributed by atoms with Crippen LogP contribution in [-0.4, -0.2) is 72.1 Å². The second-order valence-corrected chi connectivity index (χ2v) is 9.72. The van der Waals surface area contributed by atoms with Crippen LogP contribution >= 0.6 is 0 Å². The van der Waals surface area contributed by atoms with Crippen molar-refractivity contribution >= 4 is 34.2 Å². The minimum atomic E-state index is -1.27. The summed E-state index contributed by atoms with van der Waals surface area (Å²) >= 11 is 0. The molecular formula is C31H28F2N4O7. The Hall–Kier alpha value is -5.27. The maximum absolute atomic E-state index is 15.2. The van der Waals surface area contributed by atoms with E-state index in [1.54, 1.807) is 18.2 Å². The number of methoxy groups -OCH3 is 2. The van der Waals surface area contributed by atoms with E-state index in [9.17, 15) is 24.2 Å². The molecule has 3 N–H and O–H groups in total. The van der Waals surface area contributed by atoms with Crippen LogP contribution in [-0.2, 0) is 4.79 Å². The Bertz CT molecular complexity index is 1730. The molecule has 44 heavy (non-hydrogen) atoms. The summed E-state index contributed by atoms with van der Waals surface area (Å²) in [6, 6.07) is 13.3. The number of carbonyl (C=O) groups is 2. The monoisotopic (exact) mass is 606 g/mol. The number of urea groups is 1. The quantitative estimate of drug-likeness (QED) is 0.241. The van der Waals surface area contributed by atoms with Gasteiger partial charge in [0.25, 0.3) is 5.91 Å². The molecule has 3 amide bonds. The molecule has 0 spiro atoms. The number of fused-ring (bicyclic) bond motifs is 1. The summed E-state index contributed by atoms with van der Waals surface area (Å²) in [6.07, 6.45) is 1.49. The van der Waals surface area contributed by atoms with Gasteiger partial charge in [0.2, 0.25) is 0 Å². The molecule has 228 valence electrons. The van der Waals surface area contributed by atoms with E-state index in [1.807, 2.05) is 0 Å². The number of pyridine rings is 1. The van der Waals surface area contributed by atoms with Gasteiger partial charge in [-0.25, -0.2) is 13.6 Å². The van der Waals surface area contributed by atoms with Crippen molar-refractivity contribution in [3.05, 3.63) is 90.3 Å². The number of hydrogen-bond acceptors (Lipinski definition) is 8. The summed E-state index contributed by atoms with van der Waals surface area (Å²) in [5.41, 5.74) is 1.05. The lowest BCUT2D eigenvalue weighted by Gasteiger charge is -2.34. The number of ether oxygens (including phenoxy) is 3. The van der Waals surface area contributed by atoms with Crippen LogP contribution < -0.4 is 24.4 Å². The van der Waals surface area contributed by atoms with Crippen LogP contribution in [0, 0.1) is 11.6 Å². The van der Waals surface area contributed by atoms with Gasteiger partial charge in [-0.15, -0.1) is 0 Å². The standard InChI is InChI=1S/C31H28F2N4O7/c1-42-28-12-23-25(13-29(28)43-2)34-10-9-26(23)44-27-8-5-20(11-24(27)33)35-30(40)18-14-36(16-22(39)17-38)31(41)37(15-18)21-6-3-19(32)4-7-21/h3-14,22,38-39H,15-17H2,1-2H3,(H,35,40). The number of benzene rings is 3. The molecule has 1 aliphatic heterocycles. The van der Waals surface area contributed by atoms with Crippen LogP contribution in [0.25, 0.3) is 10.9 Å². The van der Waals surface area contributed by atoms with Crippen molar-refractivity contribution in [1.82, 2.24) is 9.88 Å². The molecule has 5 rings (SSSR count). The Morgan fingerprint density at radius 2 is 1.73 bits per heavy atom. The maximum atomic E-state index is 15.2. The number of amides is 3. The number of hydrogen-bond donors (Lipinski definition) is 3. The smallest absolute Gasteiger partial charge is 0.328 e. The fourth-order valence-corrected chi connectivity index (χ4v) is 4.57. The SMILES string of the molecule is COc1cc2nccc(Oc3ccc(NC(=O)C4=CN(CC(O)CO)C(=O)N(c5ccc(F)cc5)C4)cc3F)c2cc1OC. The number of nitrogens with zero attached hydrogens (tertiary/aromatic N) is 3. The highest BCUT2D eigenvalue weighted by Crippen LogP contribution is 2.37. The van der Waals surface area contributed by atoms with Crippen LogP contribution in [0.15, 0.2) is 78.6 Å². The van der Waals surface area contributed by atoms with Gasteiger partial charge in [0.05, 0.1) is 51.1 Å². The summed E-state index contributed by atoms with van der Waals surface area (Å²) in [6.45, 7) is -1.09. The molecule has 0 saturated heterocycles. The van der Waals surface area contributed by atoms with Gasteiger partial charge in [-0.3, -0.25) is 19.6 Å². The molecule has 11 nitrogen and oxygen atoms in total. The highest BCUT2D eigenvalue weighted by atomic mass is 19.1. The molecule has 1 aromatic heterocycles. The van der Waals surface area contributed by atoms with Crippen molar-refractivity contribution < 1.29 is 42.8 Å². The van der Waals surface area contributed by atoms with Crippen LogP contribution in [0.3, 0.4) is 0 Å². The van der Waals surface area contributed by atoms with Gasteiger partial charge in [0.1, 0.15) is 11.6 Å². The molecule has 1 atom stereocenters. The van der Waals surface area contributed by atoms with E-state index < -0.39 is 36.3 Å². The molecule has 0 saturated carbocycles. The third kappa shape index (κ3) is 6.38. The van der Waals surface area contributed by atoms with E-state index in [1.165, 1.54) is 67.9 Å². The lowest BCUT2D eigenvalue weighted by molar-refractivity contribution is -0.113. The van der Waals surface area contributed by atoms with Gasteiger partial charge in [0.15, 0.2) is 23.1 Å². The van der Waals surface area contributed by atoms with E-state index in [2.05, 4.69) is 10.3 Å². The first-order chi connectivity index (χ1) is 21.2. The highest BCUT2D eigenvalue weighted by molar-refractivity contribution is 6.07. The molecule has 2 heterocycles. The van der Waals surface area contributed by atoms with E-state index in [0.717, 1.165) is 11.0 Å². The number of aliphatic hydroxyl groups excluding tert-OH is 2. The molecule has 0 aliphatic carbocycles. The van der Waals surface area contributed by atoms with Crippen molar-refractivity contribution in [2.45, 2.75) is 6.10 Å². The molecular weight excluding hydrogens is 578 g/mol. The summed E-state index contributed by atoms with van der Waals surface area (Å²) < 4.78 is 45.2. The first-order valence-electron chi connectivity index (χ1n) is 13.3. The largest absolute Gasteiger partial charge is 0.493 e. The molecule has 1 unspecified atom stereocenters. The number of β-amino-alcohol motifs (C(OH)–C–C–N with tert-alkyl or cyclic N) is 1. The molecule has 1 aliphatic rings. The summed E-state index contributed by atoms with van der Waals surface area (Å²) in [4.78, 5) is 32.9. The lowest BCUT2D eigenvalue weighted by Crippen LogP contribution is -2.49. The van der Waals surface area contributed by atoms with Crippen molar-refractivity contribution in [2.24, 2.45) is 0 Å². The summed E-state index contributed by atoms with van der Waals surface area (Å²) in [5, 5.41) is 22.4. The Morgan fingerprint density at radius 1 is 1.00 bits per heavy atom. The second kappa shape index (κ2) is 12.9. The second-order valence-electron chi connectivity index (χ2n) is 9.72. The average molecular weight is 607 g/mol. The fourth-order valence-electron chi connectivity index (χ4n) is 4.57. The van der Waals surface area contributed by atoms with Gasteiger partial charge >= 0.3 is 6.03 Å². The summed E-state index contributed by atoms with van der Waals surface area (Å²) in [5.74, 6) is -0.802. The predicted octanol–water partition coefficient (Wildman–Crippen LogP) is 4.44. The normalized spacial score (nSPS) is 13.9. The Labute approximate surface area is 250 Å². The molecule has 0 fully saturated rings. The van der Waals surface area contributed by atoms with Gasteiger partial charge in [-0.05, 0) is 48.5 Å². The van der Waals surface area contributed by atoms with Crippen molar-refractivity contribution in [1.29, 1.82) is 0 Å². The van der Waals surface area contributed by atoms with Crippen LogP contribution in [0.4, 0.5) is 25.0 Å².